The molecule has 0 bridgehead atoms. The molecule has 130 valence electrons. The van der Waals surface area contributed by atoms with Gasteiger partial charge in [-0.25, -0.2) is 0 Å². The lowest BCUT2D eigenvalue weighted by Crippen LogP contribution is -2.34. The molecular formula is C17H16ClN3O3S. The first-order valence-corrected chi connectivity index (χ1v) is 8.26. The van der Waals surface area contributed by atoms with Crippen LogP contribution in [0.2, 0.25) is 5.02 Å². The summed E-state index contributed by atoms with van der Waals surface area (Å²) in [7, 11) is 0. The van der Waals surface area contributed by atoms with Crippen LogP contribution in [0.25, 0.3) is 0 Å². The average molecular weight is 378 g/mol. The van der Waals surface area contributed by atoms with Crippen molar-refractivity contribution in [3.8, 4) is 0 Å². The third-order valence-corrected chi connectivity index (χ3v) is 4.10. The molecule has 0 fully saturated rings. The third-order valence-electron chi connectivity index (χ3n) is 3.59. The normalized spacial score (nSPS) is 10.2. The van der Waals surface area contributed by atoms with E-state index in [2.05, 4.69) is 10.6 Å². The number of hydrogen-bond donors (Lipinski definition) is 2. The summed E-state index contributed by atoms with van der Waals surface area (Å²) in [5.41, 5.74) is 2.51. The number of thiocarbonyl (C=S) groups is 1. The van der Waals surface area contributed by atoms with Gasteiger partial charge in [0.1, 0.15) is 5.02 Å². The highest BCUT2D eigenvalue weighted by Gasteiger charge is 2.16. The number of nitrogens with zero attached hydrogens (tertiary/aromatic N) is 1. The van der Waals surface area contributed by atoms with Crippen molar-refractivity contribution in [1.29, 1.82) is 0 Å². The molecule has 8 heteroatoms. The highest BCUT2D eigenvalue weighted by atomic mass is 35.5. The fourth-order valence-electron chi connectivity index (χ4n) is 2.16. The number of amides is 1. The second-order valence-electron chi connectivity index (χ2n) is 5.33. The van der Waals surface area contributed by atoms with Crippen LogP contribution in [-0.4, -0.2) is 15.9 Å². The topological polar surface area (TPSA) is 84.3 Å². The second kappa shape index (κ2) is 8.04. The highest BCUT2D eigenvalue weighted by Crippen LogP contribution is 2.30. The van der Waals surface area contributed by atoms with Crippen LogP contribution >= 0.6 is 23.8 Å². The minimum atomic E-state index is -0.556. The molecule has 0 unspecified atom stereocenters. The first kappa shape index (κ1) is 18.8. The predicted molar refractivity (Wildman–Crippen MR) is 102 cm³/mol. The van der Waals surface area contributed by atoms with Crippen molar-refractivity contribution >= 4 is 46.2 Å². The maximum atomic E-state index is 12.2. The number of carbonyl (C=O) groups excluding carboxylic acids is 1. The predicted octanol–water partition coefficient (Wildman–Crippen LogP) is 4.25. The van der Waals surface area contributed by atoms with E-state index in [4.69, 9.17) is 23.8 Å². The fraction of sp³-hybridized carbons (Fsp3) is 0.176. The van der Waals surface area contributed by atoms with Crippen LogP contribution in [0.4, 0.5) is 11.4 Å². The Bertz CT molecular complexity index is 838. The van der Waals surface area contributed by atoms with Gasteiger partial charge in [0.05, 0.1) is 4.92 Å². The number of anilines is 1. The Morgan fingerprint density at radius 2 is 1.92 bits per heavy atom. The Balaban J connectivity index is 2.08. The molecule has 2 aromatic carbocycles. The van der Waals surface area contributed by atoms with Crippen LogP contribution in [0.1, 0.15) is 28.4 Å². The zero-order valence-corrected chi connectivity index (χ0v) is 15.2. The van der Waals surface area contributed by atoms with E-state index >= 15 is 0 Å². The summed E-state index contributed by atoms with van der Waals surface area (Å²) in [6.07, 6.45) is 0.891. The zero-order chi connectivity index (χ0) is 18.6. The monoisotopic (exact) mass is 377 g/mol. The first-order valence-electron chi connectivity index (χ1n) is 7.47. The van der Waals surface area contributed by atoms with Crippen molar-refractivity contribution in [2.45, 2.75) is 20.3 Å². The van der Waals surface area contributed by atoms with Crippen molar-refractivity contribution in [3.05, 3.63) is 68.2 Å². The number of rotatable bonds is 4. The van der Waals surface area contributed by atoms with E-state index in [-0.39, 0.29) is 21.7 Å². The Labute approximate surface area is 155 Å². The van der Waals surface area contributed by atoms with Crippen LogP contribution < -0.4 is 10.6 Å². The van der Waals surface area contributed by atoms with Gasteiger partial charge >= 0.3 is 0 Å². The molecule has 2 N–H and O–H groups in total. The molecule has 0 saturated carbocycles. The molecule has 25 heavy (non-hydrogen) atoms. The van der Waals surface area contributed by atoms with E-state index in [1.807, 2.05) is 19.1 Å². The van der Waals surface area contributed by atoms with Crippen molar-refractivity contribution < 1.29 is 9.72 Å². The number of hydrogen-bond acceptors (Lipinski definition) is 4. The number of nitro groups is 1. The quantitative estimate of drug-likeness (QED) is 0.472. The Kier molecular flexibility index (Phi) is 6.06. The van der Waals surface area contributed by atoms with Gasteiger partial charge in [0, 0.05) is 17.3 Å². The van der Waals surface area contributed by atoms with Crippen molar-refractivity contribution in [1.82, 2.24) is 5.32 Å². The summed E-state index contributed by atoms with van der Waals surface area (Å²) in [5.74, 6) is -0.342. The lowest BCUT2D eigenvalue weighted by molar-refractivity contribution is -0.384. The van der Waals surface area contributed by atoms with Crippen LogP contribution in [0.3, 0.4) is 0 Å². The lowest BCUT2D eigenvalue weighted by atomic mass is 10.1. The summed E-state index contributed by atoms with van der Waals surface area (Å²) in [6.45, 7) is 3.71. The molecule has 2 aromatic rings. The number of nitrogens with one attached hydrogen (secondary N) is 2. The van der Waals surface area contributed by atoms with Crippen LogP contribution in [0.5, 0.6) is 0 Å². The van der Waals surface area contributed by atoms with Crippen molar-refractivity contribution in [2.24, 2.45) is 0 Å². The van der Waals surface area contributed by atoms with Gasteiger partial charge in [-0.15, -0.1) is 0 Å². The van der Waals surface area contributed by atoms with E-state index in [0.29, 0.717) is 16.8 Å². The molecule has 0 heterocycles. The zero-order valence-electron chi connectivity index (χ0n) is 13.6. The van der Waals surface area contributed by atoms with E-state index in [9.17, 15) is 14.9 Å². The van der Waals surface area contributed by atoms with Crippen LogP contribution in [0.15, 0.2) is 36.4 Å². The number of halogens is 1. The number of benzene rings is 2. The fourth-order valence-corrected chi connectivity index (χ4v) is 2.60. The van der Waals surface area contributed by atoms with E-state index in [1.165, 1.54) is 12.1 Å². The van der Waals surface area contributed by atoms with E-state index < -0.39 is 4.92 Å². The third kappa shape index (κ3) is 4.74. The van der Waals surface area contributed by atoms with Gasteiger partial charge in [0.15, 0.2) is 5.11 Å². The van der Waals surface area contributed by atoms with E-state index in [0.717, 1.165) is 12.0 Å². The van der Waals surface area contributed by atoms with Gasteiger partial charge in [-0.05, 0) is 54.9 Å². The van der Waals surface area contributed by atoms with Crippen LogP contribution in [0, 0.1) is 17.0 Å². The number of nitro benzene ring substituents is 1. The maximum absolute atomic E-state index is 12.2. The molecule has 0 spiro atoms. The van der Waals surface area contributed by atoms with Crippen LogP contribution in [-0.2, 0) is 6.42 Å². The SMILES string of the molecule is CCc1ccc(C(=O)NC(=S)Nc2cc(Cl)c([N+](=O)[O-])cc2C)cc1. The Hall–Kier alpha value is -2.51. The smallest absolute Gasteiger partial charge is 0.288 e. The summed E-state index contributed by atoms with van der Waals surface area (Å²) < 4.78 is 0. The summed E-state index contributed by atoms with van der Waals surface area (Å²) in [5, 5.41) is 16.3. The standard InChI is InChI=1S/C17H16ClN3O3S/c1-3-11-4-6-12(7-5-11)16(22)20-17(25)19-14-9-13(18)15(21(23)24)8-10(14)2/h4-9H,3H2,1-2H3,(H2,19,20,22,25). The average Bonchev–Trinajstić information content (AvgIpc) is 2.57. The van der Waals surface area contributed by atoms with Gasteiger partial charge in [-0.1, -0.05) is 30.7 Å². The molecule has 0 aliphatic carbocycles. The molecule has 2 rings (SSSR count). The first-order chi connectivity index (χ1) is 11.8. The van der Waals surface area contributed by atoms with Gasteiger partial charge < -0.3 is 5.32 Å². The highest BCUT2D eigenvalue weighted by molar-refractivity contribution is 7.80. The molecule has 0 aliphatic rings. The van der Waals surface area contributed by atoms with Crippen molar-refractivity contribution in [3.63, 3.8) is 0 Å². The summed E-state index contributed by atoms with van der Waals surface area (Å²) >= 11 is 11.0. The molecule has 1 amide bonds. The Morgan fingerprint density at radius 3 is 2.48 bits per heavy atom. The van der Waals surface area contributed by atoms with Gasteiger partial charge in [0.2, 0.25) is 0 Å². The maximum Gasteiger partial charge on any atom is 0.288 e. The van der Waals surface area contributed by atoms with E-state index in [1.54, 1.807) is 19.1 Å². The molecule has 6 nitrogen and oxygen atoms in total. The largest absolute Gasteiger partial charge is 0.332 e. The Morgan fingerprint density at radius 1 is 1.28 bits per heavy atom. The molecule has 0 aliphatic heterocycles. The van der Waals surface area contributed by atoms with Gasteiger partial charge in [0.25, 0.3) is 11.6 Å². The molecule has 0 aromatic heterocycles. The minimum Gasteiger partial charge on any atom is -0.332 e. The second-order valence-corrected chi connectivity index (χ2v) is 6.15. The molecular weight excluding hydrogens is 362 g/mol. The lowest BCUT2D eigenvalue weighted by Gasteiger charge is -2.12. The summed E-state index contributed by atoms with van der Waals surface area (Å²) in [6, 6.07) is 9.97. The van der Waals surface area contributed by atoms with Gasteiger partial charge in [-0.2, -0.15) is 0 Å². The molecule has 0 saturated heterocycles. The molecule has 0 radical (unpaired) electrons. The van der Waals surface area contributed by atoms with Gasteiger partial charge in [-0.3, -0.25) is 20.2 Å². The molecule has 0 atom stereocenters. The number of aryl methyl sites for hydroxylation is 2. The summed E-state index contributed by atoms with van der Waals surface area (Å²) in [4.78, 5) is 22.5. The number of carbonyl (C=O) groups is 1. The van der Waals surface area contributed by atoms with Crippen molar-refractivity contribution in [2.75, 3.05) is 5.32 Å². The minimum absolute atomic E-state index is 0.0117.